The van der Waals surface area contributed by atoms with Crippen molar-refractivity contribution < 1.29 is 37.9 Å². The highest BCUT2D eigenvalue weighted by Gasteiger charge is 3.47. The molecule has 0 aromatic rings. The van der Waals surface area contributed by atoms with Crippen LogP contribution in [-0.4, -0.2) is 102 Å². The Bertz CT molecular complexity index is 428. The van der Waals surface area contributed by atoms with Crippen LogP contribution >= 0.6 is 0 Å². The van der Waals surface area contributed by atoms with Crippen LogP contribution < -0.4 is 0 Å². The van der Waals surface area contributed by atoms with E-state index in [-0.39, 0.29) is 0 Å². The van der Waals surface area contributed by atoms with Crippen molar-refractivity contribution in [1.82, 2.24) is 0 Å². The molecule has 6 aliphatic rings. The van der Waals surface area contributed by atoms with Crippen molar-refractivity contribution >= 4 is 0 Å². The highest BCUT2D eigenvalue weighted by atomic mass is 16.8. The van der Waals surface area contributed by atoms with Gasteiger partial charge in [-0.2, -0.15) is 0 Å². The topological polar surface area (TPSA) is 73.8 Å². The predicted octanol–water partition coefficient (Wildman–Crippen LogP) is -0.864. The summed E-state index contributed by atoms with van der Waals surface area (Å²) in [5.41, 5.74) is -7.27. The monoisotopic (exact) mass is 344 g/mol. The summed E-state index contributed by atoms with van der Waals surface area (Å²) in [7, 11) is 13.0. The fraction of sp³-hybridized carbons (Fsp3) is 1.00. The Balaban J connectivity index is 1.89. The molecule has 8 heteroatoms. The van der Waals surface area contributed by atoms with E-state index in [1.54, 1.807) is 56.9 Å². The molecule has 0 atom stereocenters. The van der Waals surface area contributed by atoms with Crippen LogP contribution in [0.5, 0.6) is 0 Å². The third-order valence-electron chi connectivity index (χ3n) is 8.40. The first-order valence-electron chi connectivity index (χ1n) is 7.90. The zero-order valence-corrected chi connectivity index (χ0v) is 15.3. The Labute approximate surface area is 140 Å². The van der Waals surface area contributed by atoms with E-state index >= 15 is 0 Å². The maximum absolute atomic E-state index is 6.03. The molecular weight excluding hydrogens is 320 g/mol. The maximum Gasteiger partial charge on any atom is 0.173 e. The fourth-order valence-corrected chi connectivity index (χ4v) is 9.02. The minimum Gasteiger partial charge on any atom is -0.368 e. The second-order valence-corrected chi connectivity index (χ2v) is 7.08. The molecule has 6 rings (SSSR count). The molecule has 0 bridgehead atoms. The van der Waals surface area contributed by atoms with E-state index in [2.05, 4.69) is 0 Å². The minimum absolute atomic E-state index is 0.909. The summed E-state index contributed by atoms with van der Waals surface area (Å²) in [6.45, 7) is 0. The highest BCUT2D eigenvalue weighted by molar-refractivity contribution is 5.96. The van der Waals surface area contributed by atoms with Crippen molar-refractivity contribution in [3.8, 4) is 0 Å². The quantitative estimate of drug-likeness (QED) is 0.563. The zero-order chi connectivity index (χ0) is 17.7. The maximum atomic E-state index is 6.03. The zero-order valence-electron chi connectivity index (χ0n) is 15.3. The fourth-order valence-electron chi connectivity index (χ4n) is 9.02. The molecule has 24 heavy (non-hydrogen) atoms. The lowest BCUT2D eigenvalue weighted by Gasteiger charge is -3.22. The van der Waals surface area contributed by atoms with Gasteiger partial charge in [0.1, 0.15) is 0 Å². The Hall–Kier alpha value is -0.320. The van der Waals surface area contributed by atoms with E-state index in [1.807, 2.05) is 0 Å². The average Bonchev–Trinajstić information content (AvgIpc) is 2.62. The van der Waals surface area contributed by atoms with Gasteiger partial charge in [-0.25, -0.2) is 0 Å². The van der Waals surface area contributed by atoms with Crippen molar-refractivity contribution in [2.75, 3.05) is 56.9 Å². The Kier molecular flexibility index (Phi) is 2.28. The molecule has 0 aromatic carbocycles. The van der Waals surface area contributed by atoms with E-state index in [0.717, 1.165) is 0 Å². The van der Waals surface area contributed by atoms with Gasteiger partial charge in [0.15, 0.2) is 44.8 Å². The molecule has 0 spiro atoms. The molecule has 0 amide bonds. The van der Waals surface area contributed by atoms with E-state index in [0.29, 0.717) is 0 Å². The van der Waals surface area contributed by atoms with Gasteiger partial charge in [-0.15, -0.1) is 0 Å². The van der Waals surface area contributed by atoms with Gasteiger partial charge in [-0.05, 0) is 0 Å². The van der Waals surface area contributed by atoms with Crippen LogP contribution in [0.3, 0.4) is 0 Å². The second kappa shape index (κ2) is 3.44. The molecule has 0 heterocycles. The second-order valence-electron chi connectivity index (χ2n) is 7.08. The van der Waals surface area contributed by atoms with Gasteiger partial charge >= 0.3 is 0 Å². The van der Waals surface area contributed by atoms with Crippen molar-refractivity contribution in [2.24, 2.45) is 0 Å². The molecule has 136 valence electrons. The van der Waals surface area contributed by atoms with Gasteiger partial charge in [-0.3, -0.25) is 0 Å². The third-order valence-corrected chi connectivity index (χ3v) is 8.40. The summed E-state index contributed by atoms with van der Waals surface area (Å²) >= 11 is 0. The third kappa shape index (κ3) is 0.535. The number of hydrogen-bond acceptors (Lipinski definition) is 8. The van der Waals surface area contributed by atoms with Gasteiger partial charge < -0.3 is 37.9 Å². The lowest BCUT2D eigenvalue weighted by molar-refractivity contribution is -0.864. The minimum atomic E-state index is -0.909. The van der Waals surface area contributed by atoms with Crippen LogP contribution in [0.25, 0.3) is 0 Å². The summed E-state index contributed by atoms with van der Waals surface area (Å²) in [6.07, 6.45) is 0. The number of ether oxygens (including phenoxy) is 8. The van der Waals surface area contributed by atoms with Crippen LogP contribution in [0.15, 0.2) is 0 Å². The first kappa shape index (κ1) is 15.9. The molecule has 0 aromatic heterocycles. The highest BCUT2D eigenvalue weighted by Crippen LogP contribution is 3.15. The summed E-state index contributed by atoms with van der Waals surface area (Å²) in [6, 6.07) is 0. The van der Waals surface area contributed by atoms with Gasteiger partial charge in [0.2, 0.25) is 0 Å². The summed E-state index contributed by atoms with van der Waals surface area (Å²) in [4.78, 5) is 0. The lowest BCUT2D eigenvalue weighted by atomic mass is 8.87. The van der Waals surface area contributed by atoms with Gasteiger partial charge in [-0.1, -0.05) is 0 Å². The van der Waals surface area contributed by atoms with Crippen LogP contribution in [0.4, 0.5) is 0 Å². The average molecular weight is 344 g/mol. The largest absolute Gasteiger partial charge is 0.368 e. The first-order chi connectivity index (χ1) is 11.5. The molecule has 0 saturated heterocycles. The standard InChI is InChI=1S/C16H24O8/c1-17-9-10(18-2)13(21-5)11(9,19-3)15(23-7)12(9,20-4)14(10,22-6)16(13,15)24-8/h1-8H3. The van der Waals surface area contributed by atoms with E-state index < -0.39 is 44.8 Å². The van der Waals surface area contributed by atoms with Crippen molar-refractivity contribution in [3.05, 3.63) is 0 Å². The molecule has 0 unspecified atom stereocenters. The van der Waals surface area contributed by atoms with Crippen LogP contribution in [0, 0.1) is 0 Å². The van der Waals surface area contributed by atoms with Crippen LogP contribution in [0.1, 0.15) is 0 Å². The number of hydrogen-bond donors (Lipinski definition) is 0. The number of rotatable bonds is 8. The summed E-state index contributed by atoms with van der Waals surface area (Å²) in [5.74, 6) is 0. The van der Waals surface area contributed by atoms with Crippen LogP contribution in [0.2, 0.25) is 0 Å². The smallest absolute Gasteiger partial charge is 0.173 e. The molecule has 6 saturated carbocycles. The van der Waals surface area contributed by atoms with Crippen molar-refractivity contribution in [3.63, 3.8) is 0 Å². The normalized spacial score (nSPS) is 69.0. The molecule has 0 N–H and O–H groups in total. The molecule has 6 aliphatic carbocycles. The SMILES string of the molecule is COC12C3(OC)C4(OC)C1(OC)C1(OC)C2(OC)C3(OC)C41OC. The van der Waals surface area contributed by atoms with E-state index in [1.165, 1.54) is 0 Å². The Morgan fingerprint density at radius 1 is 0.250 bits per heavy atom. The van der Waals surface area contributed by atoms with Crippen molar-refractivity contribution in [1.29, 1.82) is 0 Å². The lowest BCUT2D eigenvalue weighted by Crippen LogP contribution is -3.52. The van der Waals surface area contributed by atoms with Gasteiger partial charge in [0.25, 0.3) is 0 Å². The molecule has 6 fully saturated rings. The predicted molar refractivity (Wildman–Crippen MR) is 77.9 cm³/mol. The van der Waals surface area contributed by atoms with E-state index in [4.69, 9.17) is 37.9 Å². The van der Waals surface area contributed by atoms with E-state index in [9.17, 15) is 0 Å². The summed E-state index contributed by atoms with van der Waals surface area (Å²) < 4.78 is 48.3. The molecular formula is C16H24O8. The van der Waals surface area contributed by atoms with Crippen molar-refractivity contribution in [2.45, 2.75) is 44.8 Å². The first-order valence-corrected chi connectivity index (χ1v) is 7.90. The van der Waals surface area contributed by atoms with Gasteiger partial charge in [0, 0.05) is 56.9 Å². The molecule has 8 nitrogen and oxygen atoms in total. The summed E-state index contributed by atoms with van der Waals surface area (Å²) in [5, 5.41) is 0. The number of methoxy groups -OCH3 is 8. The Morgan fingerprint density at radius 3 is 0.375 bits per heavy atom. The molecule has 0 aliphatic heterocycles. The van der Waals surface area contributed by atoms with Gasteiger partial charge in [0.05, 0.1) is 0 Å². The van der Waals surface area contributed by atoms with Crippen LogP contribution in [-0.2, 0) is 37.9 Å². The molecule has 0 radical (unpaired) electrons. The Morgan fingerprint density at radius 2 is 0.333 bits per heavy atom.